The quantitative estimate of drug-likeness (QED) is 0.866. The summed E-state index contributed by atoms with van der Waals surface area (Å²) in [6, 6.07) is 5.15. The average Bonchev–Trinajstić information content (AvgIpc) is 2.86. The molecule has 0 bridgehead atoms. The first-order chi connectivity index (χ1) is 9.52. The molecule has 0 amide bonds. The number of benzene rings is 1. The van der Waals surface area contributed by atoms with Gasteiger partial charge in [0.2, 0.25) is 0 Å². The number of phenols is 1. The van der Waals surface area contributed by atoms with Crippen LogP contribution in [0.2, 0.25) is 0 Å². The summed E-state index contributed by atoms with van der Waals surface area (Å²) in [6.45, 7) is 2.85. The Hall–Kier alpha value is -1.75. The Labute approximate surface area is 118 Å². The van der Waals surface area contributed by atoms with Crippen LogP contribution in [0.1, 0.15) is 37.8 Å². The molecule has 0 aromatic heterocycles. The van der Waals surface area contributed by atoms with E-state index >= 15 is 0 Å². The van der Waals surface area contributed by atoms with E-state index in [1.54, 1.807) is 19.2 Å². The van der Waals surface area contributed by atoms with Gasteiger partial charge in [-0.3, -0.25) is 9.69 Å². The molecule has 1 aromatic rings. The zero-order valence-corrected chi connectivity index (χ0v) is 11.9. The van der Waals surface area contributed by atoms with Crippen LogP contribution in [0.4, 0.5) is 0 Å². The van der Waals surface area contributed by atoms with Crippen molar-refractivity contribution in [3.8, 4) is 11.5 Å². The maximum atomic E-state index is 10.9. The summed E-state index contributed by atoms with van der Waals surface area (Å²) in [4.78, 5) is 13.1. The number of nitrogens with zero attached hydrogens (tertiary/aromatic N) is 1. The number of rotatable bonds is 5. The predicted molar refractivity (Wildman–Crippen MR) is 75.1 cm³/mol. The van der Waals surface area contributed by atoms with E-state index in [-0.39, 0.29) is 24.3 Å². The molecule has 2 unspecified atom stereocenters. The van der Waals surface area contributed by atoms with Gasteiger partial charge in [-0.25, -0.2) is 0 Å². The third-order valence-corrected chi connectivity index (χ3v) is 4.02. The highest BCUT2D eigenvalue weighted by Crippen LogP contribution is 2.36. The third kappa shape index (κ3) is 3.04. The van der Waals surface area contributed by atoms with E-state index in [1.165, 1.54) is 0 Å². The van der Waals surface area contributed by atoms with Gasteiger partial charge >= 0.3 is 5.97 Å². The molecule has 1 aliphatic rings. The number of hydrogen-bond acceptors (Lipinski definition) is 4. The fraction of sp³-hybridized carbons (Fsp3) is 0.533. The lowest BCUT2D eigenvalue weighted by Gasteiger charge is -2.30. The Morgan fingerprint density at radius 2 is 2.30 bits per heavy atom. The van der Waals surface area contributed by atoms with Gasteiger partial charge in [-0.1, -0.05) is 0 Å². The molecule has 1 heterocycles. The van der Waals surface area contributed by atoms with Crippen molar-refractivity contribution in [2.24, 2.45) is 0 Å². The van der Waals surface area contributed by atoms with Crippen LogP contribution >= 0.6 is 0 Å². The number of phenolic OH excluding ortho intramolecular Hbond substituents is 1. The molecule has 5 heteroatoms. The van der Waals surface area contributed by atoms with Crippen molar-refractivity contribution in [2.45, 2.75) is 38.3 Å². The second-order valence-electron chi connectivity index (χ2n) is 5.23. The molecule has 2 N–H and O–H groups in total. The van der Waals surface area contributed by atoms with Crippen LogP contribution in [0.15, 0.2) is 18.2 Å². The summed E-state index contributed by atoms with van der Waals surface area (Å²) in [6.07, 6.45) is 2.03. The number of likely N-dealkylation sites (tertiary alicyclic amines) is 1. The van der Waals surface area contributed by atoms with Gasteiger partial charge in [0.15, 0.2) is 0 Å². The largest absolute Gasteiger partial charge is 0.508 e. The van der Waals surface area contributed by atoms with Crippen LogP contribution in [-0.2, 0) is 4.79 Å². The van der Waals surface area contributed by atoms with E-state index in [4.69, 9.17) is 9.84 Å². The van der Waals surface area contributed by atoms with Gasteiger partial charge in [0.1, 0.15) is 11.5 Å². The first kappa shape index (κ1) is 14.7. The Morgan fingerprint density at radius 3 is 2.95 bits per heavy atom. The molecule has 5 nitrogen and oxygen atoms in total. The number of aromatic hydroxyl groups is 1. The van der Waals surface area contributed by atoms with Gasteiger partial charge in [0.05, 0.1) is 13.5 Å². The van der Waals surface area contributed by atoms with E-state index in [0.717, 1.165) is 24.9 Å². The molecule has 1 aromatic carbocycles. The van der Waals surface area contributed by atoms with Gasteiger partial charge < -0.3 is 14.9 Å². The molecule has 1 saturated heterocycles. The van der Waals surface area contributed by atoms with Gasteiger partial charge in [-0.2, -0.15) is 0 Å². The van der Waals surface area contributed by atoms with Gasteiger partial charge in [-0.15, -0.1) is 0 Å². The maximum Gasteiger partial charge on any atom is 0.304 e. The number of carbonyl (C=O) groups is 1. The molecule has 0 radical (unpaired) electrons. The number of ether oxygens (including phenoxy) is 1. The molecule has 0 saturated carbocycles. The van der Waals surface area contributed by atoms with Crippen molar-refractivity contribution in [3.63, 3.8) is 0 Å². The van der Waals surface area contributed by atoms with Crippen LogP contribution in [0.5, 0.6) is 11.5 Å². The molecule has 1 fully saturated rings. The number of carboxylic acids is 1. The van der Waals surface area contributed by atoms with Crippen molar-refractivity contribution in [1.29, 1.82) is 0 Å². The third-order valence-electron chi connectivity index (χ3n) is 4.02. The Bertz CT molecular complexity index is 489. The number of hydrogen-bond donors (Lipinski definition) is 2. The van der Waals surface area contributed by atoms with Crippen molar-refractivity contribution in [3.05, 3.63) is 23.8 Å². The van der Waals surface area contributed by atoms with Crippen LogP contribution in [-0.4, -0.2) is 40.8 Å². The second kappa shape index (κ2) is 6.13. The Balaban J connectivity index is 2.21. The highest BCUT2D eigenvalue weighted by atomic mass is 16.5. The van der Waals surface area contributed by atoms with Gasteiger partial charge in [0, 0.05) is 17.6 Å². The lowest BCUT2D eigenvalue weighted by molar-refractivity contribution is -0.138. The lowest BCUT2D eigenvalue weighted by atomic mass is 10.0. The number of aliphatic carboxylic acids is 1. The van der Waals surface area contributed by atoms with Crippen molar-refractivity contribution < 1.29 is 19.7 Å². The van der Waals surface area contributed by atoms with Crippen LogP contribution in [0.3, 0.4) is 0 Å². The molecule has 1 aliphatic heterocycles. The first-order valence-electron chi connectivity index (χ1n) is 6.87. The van der Waals surface area contributed by atoms with Gasteiger partial charge in [0.25, 0.3) is 0 Å². The van der Waals surface area contributed by atoms with E-state index in [2.05, 4.69) is 4.90 Å². The lowest BCUT2D eigenvalue weighted by Crippen LogP contribution is -2.33. The average molecular weight is 279 g/mol. The summed E-state index contributed by atoms with van der Waals surface area (Å²) < 4.78 is 5.19. The number of methoxy groups -OCH3 is 1. The maximum absolute atomic E-state index is 10.9. The second-order valence-corrected chi connectivity index (χ2v) is 5.23. The molecule has 0 aliphatic carbocycles. The van der Waals surface area contributed by atoms with Crippen LogP contribution < -0.4 is 4.74 Å². The Kier molecular flexibility index (Phi) is 4.49. The van der Waals surface area contributed by atoms with Crippen LogP contribution in [0, 0.1) is 0 Å². The molecule has 2 atom stereocenters. The SMILES string of the molecule is COc1ccc(O)c(C(C)N2CCCC2CC(=O)O)c1. The van der Waals surface area contributed by atoms with Crippen molar-refractivity contribution in [1.82, 2.24) is 4.90 Å². The smallest absolute Gasteiger partial charge is 0.304 e. The topological polar surface area (TPSA) is 70.0 Å². The summed E-state index contributed by atoms with van der Waals surface area (Å²) in [5, 5.41) is 19.0. The fourth-order valence-corrected chi connectivity index (χ4v) is 2.96. The Morgan fingerprint density at radius 1 is 1.55 bits per heavy atom. The summed E-state index contributed by atoms with van der Waals surface area (Å²) >= 11 is 0. The zero-order valence-electron chi connectivity index (χ0n) is 11.9. The van der Waals surface area contributed by atoms with E-state index < -0.39 is 5.97 Å². The highest BCUT2D eigenvalue weighted by molar-refractivity contribution is 5.67. The van der Waals surface area contributed by atoms with Crippen molar-refractivity contribution >= 4 is 5.97 Å². The zero-order chi connectivity index (χ0) is 14.7. The standard InChI is InChI=1S/C15H21NO4/c1-10(13-9-12(20-2)5-6-14(13)17)16-7-3-4-11(16)8-15(18)19/h5-6,9-11,17H,3-4,7-8H2,1-2H3,(H,18,19). The molecule has 20 heavy (non-hydrogen) atoms. The first-order valence-corrected chi connectivity index (χ1v) is 6.87. The van der Waals surface area contributed by atoms with E-state index in [0.29, 0.717) is 5.75 Å². The van der Waals surface area contributed by atoms with E-state index in [1.807, 2.05) is 13.0 Å². The molecular weight excluding hydrogens is 258 g/mol. The summed E-state index contributed by atoms with van der Waals surface area (Å²) in [5.41, 5.74) is 0.779. The molecular formula is C15H21NO4. The monoisotopic (exact) mass is 279 g/mol. The molecule has 110 valence electrons. The van der Waals surface area contributed by atoms with Crippen molar-refractivity contribution in [2.75, 3.05) is 13.7 Å². The summed E-state index contributed by atoms with van der Waals surface area (Å²) in [7, 11) is 1.59. The number of carboxylic acid groups (broad SMARTS) is 1. The van der Waals surface area contributed by atoms with Gasteiger partial charge in [-0.05, 0) is 44.5 Å². The van der Waals surface area contributed by atoms with E-state index in [9.17, 15) is 9.90 Å². The fourth-order valence-electron chi connectivity index (χ4n) is 2.96. The minimum absolute atomic E-state index is 0.0306. The normalized spacial score (nSPS) is 20.8. The predicted octanol–water partition coefficient (Wildman–Crippen LogP) is 2.40. The highest BCUT2D eigenvalue weighted by Gasteiger charge is 2.31. The van der Waals surface area contributed by atoms with Crippen LogP contribution in [0.25, 0.3) is 0 Å². The molecule has 0 spiro atoms. The summed E-state index contributed by atoms with van der Waals surface area (Å²) in [5.74, 6) is 0.141. The molecule has 2 rings (SSSR count). The minimum Gasteiger partial charge on any atom is -0.508 e. The minimum atomic E-state index is -0.774.